The molecule has 4 aromatic heterocycles. The Hall–Kier alpha value is -4.68. The number of ether oxygens (including phenoxy) is 4. The first-order valence-electron chi connectivity index (χ1n) is 15.7. The molecule has 5 N–H and O–H groups in total. The average Bonchev–Trinajstić information content (AvgIpc) is 3.69. The molecule has 18 heteroatoms. The summed E-state index contributed by atoms with van der Waals surface area (Å²) in [4.78, 5) is 19.6. The topological polar surface area (TPSA) is 193 Å². The molecule has 2 fully saturated rings. The van der Waals surface area contributed by atoms with E-state index in [1.54, 1.807) is 6.20 Å². The predicted octanol–water partition coefficient (Wildman–Crippen LogP) is 3.74. The Kier molecular flexibility index (Phi) is 10.4. The van der Waals surface area contributed by atoms with Gasteiger partial charge in [0.05, 0.1) is 44.1 Å². The highest BCUT2D eigenvalue weighted by Gasteiger charge is 2.31. The van der Waals surface area contributed by atoms with Crippen molar-refractivity contribution in [1.82, 2.24) is 45.2 Å². The maximum absolute atomic E-state index is 12.4. The standard InChI is InChI=1S/C30H39F2N11O5/c1-16(13-46-26-12-34-18(3)28(38-26)37-22-8-21(39-40-22)19-14-45-15-19)17(2)29(44)43-6-4-20(5-7-43)47-27-11-33-10-24(36-27)35-23-9-25(42-41-23)48-30(31)32/h8-12,16-17,19-20,29-30,44H,4-7,13-15H2,1-3H3,(H2,35,36,41,42)(H2,37,38,39,40). The zero-order chi connectivity index (χ0) is 33.6. The molecule has 0 saturated carbocycles. The summed E-state index contributed by atoms with van der Waals surface area (Å²) in [6.07, 6.45) is 5.15. The van der Waals surface area contributed by atoms with Crippen LogP contribution < -0.4 is 24.8 Å². The van der Waals surface area contributed by atoms with Gasteiger partial charge >= 0.3 is 6.61 Å². The molecule has 0 spiro atoms. The van der Waals surface area contributed by atoms with Gasteiger partial charge < -0.3 is 34.7 Å². The summed E-state index contributed by atoms with van der Waals surface area (Å²) in [5.74, 6) is 2.58. The summed E-state index contributed by atoms with van der Waals surface area (Å²) in [6.45, 7) is 5.94. The van der Waals surface area contributed by atoms with Crippen molar-refractivity contribution >= 4 is 23.3 Å². The summed E-state index contributed by atoms with van der Waals surface area (Å²) in [5.41, 5.74) is 1.73. The SMILES string of the molecule is Cc1ncc(OCC(C)C(C)C(O)N2CCC(Oc3cncc(Nc4cc(OC(F)F)n[nH]4)n3)CC2)nc1Nc1cc(C2COC2)[nH]n1. The second-order valence-corrected chi connectivity index (χ2v) is 12.0. The molecule has 258 valence electrons. The fourth-order valence-electron chi connectivity index (χ4n) is 5.31. The Morgan fingerprint density at radius 1 is 1.00 bits per heavy atom. The Bertz CT molecular complexity index is 1630. The number of nitrogens with zero attached hydrogens (tertiary/aromatic N) is 7. The van der Waals surface area contributed by atoms with E-state index >= 15 is 0 Å². The lowest BCUT2D eigenvalue weighted by atomic mass is 9.93. The first-order valence-corrected chi connectivity index (χ1v) is 15.7. The molecule has 0 amide bonds. The minimum Gasteiger partial charge on any atom is -0.476 e. The highest BCUT2D eigenvalue weighted by Crippen LogP contribution is 2.28. The molecule has 0 aromatic carbocycles. The van der Waals surface area contributed by atoms with Gasteiger partial charge in [-0.2, -0.15) is 23.8 Å². The first-order chi connectivity index (χ1) is 23.2. The molecule has 0 aliphatic carbocycles. The molecule has 2 aliphatic rings. The van der Waals surface area contributed by atoms with Gasteiger partial charge in [-0.15, -0.1) is 5.10 Å². The van der Waals surface area contributed by atoms with Crippen LogP contribution in [0.3, 0.4) is 0 Å². The van der Waals surface area contributed by atoms with Crippen LogP contribution in [0.5, 0.6) is 17.6 Å². The van der Waals surface area contributed by atoms with Crippen LogP contribution in [-0.2, 0) is 4.74 Å². The van der Waals surface area contributed by atoms with Gasteiger partial charge in [0.1, 0.15) is 18.1 Å². The Balaban J connectivity index is 0.944. The van der Waals surface area contributed by atoms with Gasteiger partial charge in [-0.1, -0.05) is 13.8 Å². The fourth-order valence-corrected chi connectivity index (χ4v) is 5.31. The van der Waals surface area contributed by atoms with Gasteiger partial charge in [0.25, 0.3) is 0 Å². The number of H-pyrrole nitrogens is 2. The maximum atomic E-state index is 12.4. The number of aliphatic hydroxyl groups is 1. The largest absolute Gasteiger partial charge is 0.476 e. The number of anilines is 4. The number of aliphatic hydroxyl groups excluding tert-OH is 1. The molecule has 3 atom stereocenters. The van der Waals surface area contributed by atoms with Crippen LogP contribution in [0, 0.1) is 18.8 Å². The molecule has 6 rings (SSSR count). The first kappa shape index (κ1) is 33.2. The van der Waals surface area contributed by atoms with Crippen molar-refractivity contribution in [2.24, 2.45) is 11.8 Å². The molecule has 2 saturated heterocycles. The normalized spacial score (nSPS) is 17.8. The van der Waals surface area contributed by atoms with E-state index in [1.807, 2.05) is 31.7 Å². The van der Waals surface area contributed by atoms with Gasteiger partial charge in [0.2, 0.25) is 17.6 Å². The molecule has 48 heavy (non-hydrogen) atoms. The summed E-state index contributed by atoms with van der Waals surface area (Å²) >= 11 is 0. The van der Waals surface area contributed by atoms with Crippen LogP contribution in [0.2, 0.25) is 0 Å². The molecule has 6 heterocycles. The average molecular weight is 672 g/mol. The molecule has 2 aliphatic heterocycles. The van der Waals surface area contributed by atoms with Crippen molar-refractivity contribution in [3.05, 3.63) is 42.1 Å². The molecule has 0 radical (unpaired) electrons. The van der Waals surface area contributed by atoms with Crippen molar-refractivity contribution in [3.8, 4) is 17.6 Å². The van der Waals surface area contributed by atoms with E-state index in [0.717, 1.165) is 5.69 Å². The number of aromatic nitrogens is 8. The molecule has 4 aromatic rings. The van der Waals surface area contributed by atoms with Crippen LogP contribution in [0.1, 0.15) is 44.0 Å². The smallest absolute Gasteiger partial charge is 0.388 e. The van der Waals surface area contributed by atoms with Crippen LogP contribution in [0.4, 0.5) is 32.1 Å². The second kappa shape index (κ2) is 15.0. The number of nitrogens with one attached hydrogen (secondary N) is 4. The lowest BCUT2D eigenvalue weighted by Gasteiger charge is -2.38. The molecule has 0 bridgehead atoms. The van der Waals surface area contributed by atoms with Crippen LogP contribution in [-0.4, -0.2) is 102 Å². The number of likely N-dealkylation sites (tertiary alicyclic amines) is 1. The van der Waals surface area contributed by atoms with E-state index in [-0.39, 0.29) is 23.8 Å². The zero-order valence-electron chi connectivity index (χ0n) is 26.8. The van der Waals surface area contributed by atoms with E-state index in [0.29, 0.717) is 92.4 Å². The zero-order valence-corrected chi connectivity index (χ0v) is 26.8. The fraction of sp³-hybridized carbons (Fsp3) is 0.533. The van der Waals surface area contributed by atoms with Crippen molar-refractivity contribution in [3.63, 3.8) is 0 Å². The quantitative estimate of drug-likeness (QED) is 0.123. The van der Waals surface area contributed by atoms with Crippen molar-refractivity contribution < 1.29 is 32.8 Å². The third-order valence-electron chi connectivity index (χ3n) is 8.49. The maximum Gasteiger partial charge on any atom is 0.388 e. The number of rotatable bonds is 15. The summed E-state index contributed by atoms with van der Waals surface area (Å²) in [6, 6.07) is 3.23. The van der Waals surface area contributed by atoms with E-state index in [2.05, 4.69) is 55.7 Å². The highest BCUT2D eigenvalue weighted by atomic mass is 19.3. The number of hydrogen-bond acceptors (Lipinski definition) is 14. The third-order valence-corrected chi connectivity index (χ3v) is 8.49. The van der Waals surface area contributed by atoms with Crippen LogP contribution >= 0.6 is 0 Å². The lowest BCUT2D eigenvalue weighted by Crippen LogP contribution is -2.48. The van der Waals surface area contributed by atoms with Gasteiger partial charge in [-0.3, -0.25) is 25.1 Å². The minimum absolute atomic E-state index is 0.0190. The van der Waals surface area contributed by atoms with E-state index in [9.17, 15) is 13.9 Å². The summed E-state index contributed by atoms with van der Waals surface area (Å²) in [5, 5.41) is 30.9. The van der Waals surface area contributed by atoms with Crippen molar-refractivity contribution in [2.75, 3.05) is 43.5 Å². The Morgan fingerprint density at radius 2 is 1.81 bits per heavy atom. The van der Waals surface area contributed by atoms with E-state index in [4.69, 9.17) is 14.2 Å². The second-order valence-electron chi connectivity index (χ2n) is 12.0. The Morgan fingerprint density at radius 3 is 2.56 bits per heavy atom. The van der Waals surface area contributed by atoms with Crippen LogP contribution in [0.15, 0.2) is 30.7 Å². The molecule has 3 unspecified atom stereocenters. The summed E-state index contributed by atoms with van der Waals surface area (Å²) < 4.78 is 46.4. The number of aryl methyl sites for hydroxylation is 1. The van der Waals surface area contributed by atoms with Gasteiger partial charge in [-0.25, -0.2) is 0 Å². The number of halogens is 2. The molecule has 16 nitrogen and oxygen atoms in total. The third kappa shape index (κ3) is 8.42. The minimum atomic E-state index is -2.97. The highest BCUT2D eigenvalue weighted by molar-refractivity contribution is 5.55. The predicted molar refractivity (Wildman–Crippen MR) is 168 cm³/mol. The summed E-state index contributed by atoms with van der Waals surface area (Å²) in [7, 11) is 0. The van der Waals surface area contributed by atoms with E-state index in [1.165, 1.54) is 18.5 Å². The van der Waals surface area contributed by atoms with Gasteiger partial charge in [0, 0.05) is 42.8 Å². The van der Waals surface area contributed by atoms with E-state index < -0.39 is 12.8 Å². The number of hydrogen-bond donors (Lipinski definition) is 5. The number of piperidine rings is 1. The van der Waals surface area contributed by atoms with Gasteiger partial charge in [0.15, 0.2) is 17.5 Å². The van der Waals surface area contributed by atoms with Crippen molar-refractivity contribution in [2.45, 2.75) is 58.5 Å². The molecular formula is C30H39F2N11O5. The molecular weight excluding hydrogens is 632 g/mol. The number of aromatic amines is 2. The number of alkyl halides is 2. The van der Waals surface area contributed by atoms with Crippen LogP contribution in [0.25, 0.3) is 0 Å². The Labute approximate surface area is 275 Å². The monoisotopic (exact) mass is 671 g/mol. The lowest BCUT2D eigenvalue weighted by molar-refractivity contribution is -0.0748. The van der Waals surface area contributed by atoms with Crippen molar-refractivity contribution in [1.29, 1.82) is 0 Å². The van der Waals surface area contributed by atoms with Gasteiger partial charge in [-0.05, 0) is 25.7 Å².